The molecule has 0 amide bonds. The largest absolute Gasteiger partial charge is 0.481 e. The van der Waals surface area contributed by atoms with Gasteiger partial charge in [0.15, 0.2) is 18.9 Å². The number of halogens is 1. The number of unbranched alkanes of at least 4 members (excludes halogenated alkanes) is 1. The molecule has 1 aliphatic carbocycles. The Morgan fingerprint density at radius 1 is 0.935 bits per heavy atom. The Balaban J connectivity index is 1.34. The van der Waals surface area contributed by atoms with E-state index >= 15 is 0 Å². The van der Waals surface area contributed by atoms with Crippen molar-refractivity contribution in [2.75, 3.05) is 19.8 Å². The number of thiophene rings is 1. The van der Waals surface area contributed by atoms with E-state index in [1.807, 2.05) is 0 Å². The fraction of sp³-hybridized carbons (Fsp3) is 0.750. The second-order valence-corrected chi connectivity index (χ2v) is 15.6. The van der Waals surface area contributed by atoms with Crippen molar-refractivity contribution >= 4 is 33.2 Å². The zero-order valence-electron chi connectivity index (χ0n) is 27.1. The molecule has 10 heteroatoms. The molecule has 46 heavy (non-hydrogen) atoms. The first-order chi connectivity index (χ1) is 22.5. The van der Waals surface area contributed by atoms with Crippen LogP contribution in [0.25, 0.3) is 0 Å². The first kappa shape index (κ1) is 36.2. The maximum absolute atomic E-state index is 11.0. The molecule has 4 aliphatic rings. The Labute approximate surface area is 287 Å². The summed E-state index contributed by atoms with van der Waals surface area (Å²) in [5, 5.41) is 9.04. The molecule has 0 radical (unpaired) electrons. The molecular weight excluding hydrogens is 672 g/mol. The number of carboxylic acids is 1. The molecule has 1 saturated carbocycles. The maximum Gasteiger partial charge on any atom is 0.303 e. The van der Waals surface area contributed by atoms with Crippen LogP contribution in [0, 0.1) is 11.8 Å². The summed E-state index contributed by atoms with van der Waals surface area (Å²) >= 11 is 5.38. The van der Waals surface area contributed by atoms with Gasteiger partial charge in [-0.1, -0.05) is 24.3 Å². The van der Waals surface area contributed by atoms with Crippen LogP contribution in [0.4, 0.5) is 0 Å². The number of allylic oxidation sites excluding steroid dienone is 2. The lowest BCUT2D eigenvalue weighted by Gasteiger charge is -2.30. The normalized spacial score (nSPS) is 31.5. The Kier molecular flexibility index (Phi) is 15.6. The Morgan fingerprint density at radius 3 is 2.22 bits per heavy atom. The molecule has 1 aromatic heterocycles. The average Bonchev–Trinajstić information content (AvgIpc) is 3.63. The number of hydrogen-bond donors (Lipinski definition) is 1. The Morgan fingerprint density at radius 2 is 1.61 bits per heavy atom. The van der Waals surface area contributed by atoms with Crippen LogP contribution in [0.2, 0.25) is 0 Å². The molecular formula is C36H53BrO8S. The third-order valence-electron chi connectivity index (χ3n) is 9.45. The van der Waals surface area contributed by atoms with E-state index in [1.54, 1.807) is 11.3 Å². The van der Waals surface area contributed by atoms with Crippen LogP contribution < -0.4 is 0 Å². The number of aryl methyl sites for hydroxylation is 1. The predicted molar refractivity (Wildman–Crippen MR) is 182 cm³/mol. The van der Waals surface area contributed by atoms with Gasteiger partial charge in [0.25, 0.3) is 0 Å². The third kappa shape index (κ3) is 12.1. The van der Waals surface area contributed by atoms with Crippen molar-refractivity contribution < 1.29 is 38.3 Å². The van der Waals surface area contributed by atoms with Gasteiger partial charge < -0.3 is 33.5 Å². The molecule has 5 rings (SSSR count). The molecule has 258 valence electrons. The van der Waals surface area contributed by atoms with Crippen molar-refractivity contribution in [1.29, 1.82) is 0 Å². The van der Waals surface area contributed by atoms with Gasteiger partial charge in [-0.25, -0.2) is 0 Å². The van der Waals surface area contributed by atoms with Gasteiger partial charge in [0.05, 0.1) is 22.1 Å². The predicted octanol–water partition coefficient (Wildman–Crippen LogP) is 8.57. The summed E-state index contributed by atoms with van der Waals surface area (Å²) in [7, 11) is 0. The molecule has 0 aromatic carbocycles. The highest BCUT2D eigenvalue weighted by molar-refractivity contribution is 9.11. The van der Waals surface area contributed by atoms with Crippen molar-refractivity contribution in [2.45, 2.75) is 140 Å². The van der Waals surface area contributed by atoms with Gasteiger partial charge in [-0.2, -0.15) is 0 Å². The van der Waals surface area contributed by atoms with Crippen LogP contribution in [0.15, 0.2) is 40.2 Å². The fourth-order valence-electron chi connectivity index (χ4n) is 6.98. The fourth-order valence-corrected chi connectivity index (χ4v) is 8.48. The van der Waals surface area contributed by atoms with Crippen LogP contribution in [0.3, 0.4) is 0 Å². The number of rotatable bonds is 17. The smallest absolute Gasteiger partial charge is 0.303 e. The van der Waals surface area contributed by atoms with Crippen LogP contribution >= 0.6 is 27.3 Å². The first-order valence-electron chi connectivity index (χ1n) is 17.6. The monoisotopic (exact) mass is 724 g/mol. The summed E-state index contributed by atoms with van der Waals surface area (Å²) in [6.07, 6.45) is 22.6. The zero-order chi connectivity index (χ0) is 32.0. The summed E-state index contributed by atoms with van der Waals surface area (Å²) in [6, 6.07) is 4.30. The number of carbonyl (C=O) groups is 1. The molecule has 8 atom stereocenters. The summed E-state index contributed by atoms with van der Waals surface area (Å²) in [4.78, 5) is 12.3. The SMILES string of the molecule is O=C(O)CCC/C=C\C[C@@H]1[C@@H](/C=C/[C@H](CCc2ccc(Br)s2)OC2CCCCO2)[C@H](OC2CCCCO2)C[C@@H]1OC1CCCCO1. The zero-order valence-corrected chi connectivity index (χ0v) is 29.5. The summed E-state index contributed by atoms with van der Waals surface area (Å²) in [5.74, 6) is -0.453. The highest BCUT2D eigenvalue weighted by Crippen LogP contribution is 2.42. The van der Waals surface area contributed by atoms with Crippen LogP contribution in [0.1, 0.15) is 101 Å². The summed E-state index contributed by atoms with van der Waals surface area (Å²) in [5.41, 5.74) is 0. The van der Waals surface area contributed by atoms with E-state index in [9.17, 15) is 4.79 Å². The van der Waals surface area contributed by atoms with Gasteiger partial charge in [0, 0.05) is 43.5 Å². The minimum absolute atomic E-state index is 0.0143. The lowest BCUT2D eigenvalue weighted by atomic mass is 9.89. The highest BCUT2D eigenvalue weighted by Gasteiger charge is 2.45. The van der Waals surface area contributed by atoms with E-state index in [4.69, 9.17) is 33.5 Å². The highest BCUT2D eigenvalue weighted by atomic mass is 79.9. The van der Waals surface area contributed by atoms with Gasteiger partial charge in [0.2, 0.25) is 0 Å². The molecule has 0 spiro atoms. The van der Waals surface area contributed by atoms with Crippen LogP contribution in [0.5, 0.6) is 0 Å². The van der Waals surface area contributed by atoms with Crippen molar-refractivity contribution in [2.24, 2.45) is 11.8 Å². The van der Waals surface area contributed by atoms with Gasteiger partial charge in [-0.15, -0.1) is 11.3 Å². The minimum atomic E-state index is -0.748. The van der Waals surface area contributed by atoms with Gasteiger partial charge in [-0.3, -0.25) is 4.79 Å². The van der Waals surface area contributed by atoms with Crippen molar-refractivity contribution in [3.63, 3.8) is 0 Å². The number of aliphatic carboxylic acids is 1. The van der Waals surface area contributed by atoms with E-state index in [2.05, 4.69) is 52.4 Å². The van der Waals surface area contributed by atoms with Crippen LogP contribution in [-0.4, -0.2) is 68.1 Å². The molecule has 3 aliphatic heterocycles. The number of carboxylic acid groups (broad SMARTS) is 1. The summed E-state index contributed by atoms with van der Waals surface area (Å²) < 4.78 is 39.3. The Hall–Kier alpha value is -1.11. The van der Waals surface area contributed by atoms with E-state index in [0.29, 0.717) is 6.42 Å². The van der Waals surface area contributed by atoms with Crippen molar-refractivity contribution in [3.8, 4) is 0 Å². The lowest BCUT2D eigenvalue weighted by molar-refractivity contribution is -0.203. The van der Waals surface area contributed by atoms with E-state index in [0.717, 1.165) is 113 Å². The molecule has 1 aromatic rings. The molecule has 1 N–H and O–H groups in total. The molecule has 8 nitrogen and oxygen atoms in total. The van der Waals surface area contributed by atoms with Gasteiger partial charge in [0.1, 0.15) is 0 Å². The second-order valence-electron chi connectivity index (χ2n) is 13.0. The topological polar surface area (TPSA) is 92.7 Å². The lowest BCUT2D eigenvalue weighted by Crippen LogP contribution is -2.31. The maximum atomic E-state index is 11.0. The van der Waals surface area contributed by atoms with Crippen LogP contribution in [-0.2, 0) is 39.6 Å². The van der Waals surface area contributed by atoms with E-state index < -0.39 is 5.97 Å². The molecule has 0 bridgehead atoms. The molecule has 4 heterocycles. The summed E-state index contributed by atoms with van der Waals surface area (Å²) in [6.45, 7) is 2.24. The van der Waals surface area contributed by atoms with Crippen molar-refractivity contribution in [3.05, 3.63) is 45.1 Å². The number of ether oxygens (including phenoxy) is 6. The van der Waals surface area contributed by atoms with Crippen molar-refractivity contribution in [1.82, 2.24) is 0 Å². The second kappa shape index (κ2) is 19.8. The van der Waals surface area contributed by atoms with Gasteiger partial charge in [-0.05, 0) is 124 Å². The molecule has 4 fully saturated rings. The molecule has 3 saturated heterocycles. The third-order valence-corrected chi connectivity index (χ3v) is 11.1. The number of hydrogen-bond acceptors (Lipinski definition) is 8. The first-order valence-corrected chi connectivity index (χ1v) is 19.2. The molecule has 3 unspecified atom stereocenters. The van der Waals surface area contributed by atoms with E-state index in [1.165, 1.54) is 4.88 Å². The Bertz CT molecular complexity index is 1080. The standard InChI is InChI=1S/C36H53BrO8S/c37-32-21-19-27(46-32)18-16-26(43-34-13-5-8-22-40-34)17-20-29-28(11-3-1-2-4-12-33(38)39)30(44-35-14-6-9-23-41-35)25-31(29)45-36-15-7-10-24-42-36/h1,3,17,19-21,26,28-31,34-36H,2,4-16,18,22-25H2,(H,38,39)/b3-1-,20-17+/t26-,28+,29+,30-,31+,34?,35?,36?/m0/s1. The van der Waals surface area contributed by atoms with Gasteiger partial charge >= 0.3 is 5.97 Å². The quantitative estimate of drug-likeness (QED) is 0.126. The van der Waals surface area contributed by atoms with E-state index in [-0.39, 0.29) is 55.4 Å². The minimum Gasteiger partial charge on any atom is -0.481 e. The average molecular weight is 726 g/mol.